The lowest BCUT2D eigenvalue weighted by atomic mass is 9.99. The van der Waals surface area contributed by atoms with E-state index in [2.05, 4.69) is 31.3 Å². The third-order valence-corrected chi connectivity index (χ3v) is 17.1. The number of nitrogens with one attached hydrogen (secondary N) is 1. The molecule has 11 nitrogen and oxygen atoms in total. The first-order valence-electron chi connectivity index (χ1n) is 35.6. The maximum Gasteiger partial charge on any atom is 0.305 e. The van der Waals surface area contributed by atoms with E-state index in [1.165, 1.54) is 276 Å². The molecular formula is C71H135NO10. The number of carbonyl (C=O) groups excluding carboxylic acids is 2. The van der Waals surface area contributed by atoms with Gasteiger partial charge >= 0.3 is 5.97 Å². The number of carbonyl (C=O) groups is 2. The van der Waals surface area contributed by atoms with Crippen LogP contribution in [0.2, 0.25) is 0 Å². The molecule has 484 valence electrons. The second kappa shape index (κ2) is 60.8. The highest BCUT2D eigenvalue weighted by Gasteiger charge is 2.44. The molecular weight excluding hydrogens is 1030 g/mol. The summed E-state index contributed by atoms with van der Waals surface area (Å²) in [6, 6.07) is -0.806. The van der Waals surface area contributed by atoms with Crippen molar-refractivity contribution < 1.29 is 49.3 Å². The van der Waals surface area contributed by atoms with E-state index in [-0.39, 0.29) is 18.5 Å². The molecule has 0 aromatic rings. The molecule has 0 aromatic heterocycles. The number of esters is 1. The third kappa shape index (κ3) is 49.3. The first-order chi connectivity index (χ1) is 40.2. The minimum absolute atomic E-state index is 0.0115. The highest BCUT2D eigenvalue weighted by atomic mass is 16.7. The van der Waals surface area contributed by atoms with Crippen molar-refractivity contribution in [1.82, 2.24) is 5.32 Å². The molecule has 0 bridgehead atoms. The number of hydrogen-bond donors (Lipinski definition) is 6. The SMILES string of the molecule is CCCCCCCCCC/C=C/C(O)C(COC1OC(CO)C(O)C(O)C1O)NC(=O)CCCCCCCCCCCCCCCCCCC/C=C\CCCCCCCCCCCCCCOC(=O)CCCCCCCCCCCCC. The molecule has 6 N–H and O–H groups in total. The molecule has 1 aliphatic heterocycles. The van der Waals surface area contributed by atoms with E-state index in [9.17, 15) is 35.1 Å². The maximum atomic E-state index is 13.0. The first-order valence-corrected chi connectivity index (χ1v) is 35.6. The number of amides is 1. The van der Waals surface area contributed by atoms with Gasteiger partial charge in [0.1, 0.15) is 24.4 Å². The topological polar surface area (TPSA) is 175 Å². The lowest BCUT2D eigenvalue weighted by Gasteiger charge is -2.40. The quantitative estimate of drug-likeness (QED) is 0.0195. The van der Waals surface area contributed by atoms with Gasteiger partial charge in [0.15, 0.2) is 6.29 Å². The van der Waals surface area contributed by atoms with Crippen LogP contribution in [0.4, 0.5) is 0 Å². The van der Waals surface area contributed by atoms with E-state index in [4.69, 9.17) is 14.2 Å². The molecule has 1 heterocycles. The molecule has 11 heteroatoms. The average Bonchev–Trinajstić information content (AvgIpc) is 3.56. The van der Waals surface area contributed by atoms with Crippen LogP contribution in [0.3, 0.4) is 0 Å². The highest BCUT2D eigenvalue weighted by Crippen LogP contribution is 2.23. The van der Waals surface area contributed by atoms with E-state index in [1.54, 1.807) is 6.08 Å². The molecule has 0 radical (unpaired) electrons. The number of unbranched alkanes of at least 4 members (excludes halogenated alkanes) is 47. The number of aliphatic hydroxyl groups is 5. The summed E-state index contributed by atoms with van der Waals surface area (Å²) in [6.45, 7) is 4.36. The zero-order chi connectivity index (χ0) is 59.5. The van der Waals surface area contributed by atoms with Gasteiger partial charge in [-0.1, -0.05) is 308 Å². The fourth-order valence-corrected chi connectivity index (χ4v) is 11.4. The predicted octanol–water partition coefficient (Wildman–Crippen LogP) is 18.0. The summed E-state index contributed by atoms with van der Waals surface area (Å²) in [5, 5.41) is 54.4. The second-order valence-corrected chi connectivity index (χ2v) is 24.9. The van der Waals surface area contributed by atoms with E-state index < -0.39 is 49.5 Å². The van der Waals surface area contributed by atoms with Crippen molar-refractivity contribution in [3.63, 3.8) is 0 Å². The molecule has 1 saturated heterocycles. The van der Waals surface area contributed by atoms with Gasteiger partial charge < -0.3 is 45.1 Å². The zero-order valence-electron chi connectivity index (χ0n) is 53.7. The van der Waals surface area contributed by atoms with Crippen LogP contribution in [0, 0.1) is 0 Å². The molecule has 0 aromatic carbocycles. The van der Waals surface area contributed by atoms with Crippen LogP contribution in [0.1, 0.15) is 354 Å². The van der Waals surface area contributed by atoms with Gasteiger partial charge in [0, 0.05) is 12.8 Å². The van der Waals surface area contributed by atoms with Gasteiger partial charge in [-0.05, 0) is 57.8 Å². The fourth-order valence-electron chi connectivity index (χ4n) is 11.4. The minimum atomic E-state index is -1.57. The van der Waals surface area contributed by atoms with Crippen molar-refractivity contribution >= 4 is 11.9 Å². The van der Waals surface area contributed by atoms with Crippen LogP contribution in [0.5, 0.6) is 0 Å². The first kappa shape index (κ1) is 78.2. The van der Waals surface area contributed by atoms with Gasteiger partial charge in [0.2, 0.25) is 5.91 Å². The van der Waals surface area contributed by atoms with E-state index in [0.717, 1.165) is 51.4 Å². The Kier molecular flexibility index (Phi) is 58.0. The Morgan fingerprint density at radius 1 is 0.439 bits per heavy atom. The smallest absolute Gasteiger partial charge is 0.305 e. The highest BCUT2D eigenvalue weighted by molar-refractivity contribution is 5.76. The van der Waals surface area contributed by atoms with Crippen molar-refractivity contribution in [2.75, 3.05) is 19.8 Å². The summed E-state index contributed by atoms with van der Waals surface area (Å²) < 4.78 is 16.7. The molecule has 7 unspecified atom stereocenters. The van der Waals surface area contributed by atoms with Gasteiger partial charge in [-0.15, -0.1) is 0 Å². The van der Waals surface area contributed by atoms with Crippen LogP contribution in [0.15, 0.2) is 24.3 Å². The molecule has 0 saturated carbocycles. The summed E-state index contributed by atoms with van der Waals surface area (Å²) in [5.41, 5.74) is 0. The Hall–Kier alpha value is -1.86. The molecule has 1 rings (SSSR count). The zero-order valence-corrected chi connectivity index (χ0v) is 53.7. The van der Waals surface area contributed by atoms with Gasteiger partial charge in [0.25, 0.3) is 0 Å². The molecule has 82 heavy (non-hydrogen) atoms. The minimum Gasteiger partial charge on any atom is -0.466 e. The maximum absolute atomic E-state index is 13.0. The Bertz CT molecular complexity index is 1410. The van der Waals surface area contributed by atoms with Crippen molar-refractivity contribution in [3.8, 4) is 0 Å². The standard InChI is InChI=1S/C71H135NO10/c1-3-5-7-9-11-13-38-43-47-51-55-59-67(76)80-60-56-52-48-44-40-37-35-33-31-29-27-25-23-21-19-17-15-16-18-20-22-24-26-28-30-32-34-36-39-42-46-50-54-58-66(75)72-63(62-81-71-70(79)69(78)68(77)65(61-73)82-71)64(74)57-53-49-45-41-14-12-10-8-6-4-2/h19,21,53,57,63-65,68-71,73-74,77-79H,3-18,20,22-52,54-56,58-62H2,1-2H3,(H,72,75)/b21-19-,57-53+. The van der Waals surface area contributed by atoms with Crippen LogP contribution >= 0.6 is 0 Å². The van der Waals surface area contributed by atoms with Gasteiger partial charge in [-0.25, -0.2) is 0 Å². The number of aliphatic hydroxyl groups excluding tert-OH is 5. The van der Waals surface area contributed by atoms with E-state index in [1.807, 2.05) is 6.08 Å². The monoisotopic (exact) mass is 1160 g/mol. The Morgan fingerprint density at radius 2 is 0.780 bits per heavy atom. The molecule has 1 fully saturated rings. The normalized spacial score (nSPS) is 18.3. The van der Waals surface area contributed by atoms with Crippen LogP contribution in [-0.2, 0) is 23.8 Å². The van der Waals surface area contributed by atoms with Gasteiger partial charge in [0.05, 0.1) is 32.0 Å². The van der Waals surface area contributed by atoms with Crippen molar-refractivity contribution in [2.45, 2.75) is 397 Å². The number of hydrogen-bond acceptors (Lipinski definition) is 10. The largest absolute Gasteiger partial charge is 0.466 e. The molecule has 1 amide bonds. The van der Waals surface area contributed by atoms with Crippen LogP contribution in [-0.4, -0.2) is 100 Å². The van der Waals surface area contributed by atoms with Gasteiger partial charge in [-0.3, -0.25) is 9.59 Å². The number of rotatable bonds is 63. The number of allylic oxidation sites excluding steroid dienone is 3. The summed E-state index contributed by atoms with van der Waals surface area (Å²) in [7, 11) is 0. The lowest BCUT2D eigenvalue weighted by molar-refractivity contribution is -0.302. The molecule has 0 aliphatic carbocycles. The average molecular weight is 1160 g/mol. The molecule has 0 spiro atoms. The summed E-state index contributed by atoms with van der Waals surface area (Å²) in [6.07, 6.45) is 66.2. The lowest BCUT2D eigenvalue weighted by Crippen LogP contribution is -2.60. The Balaban J connectivity index is 1.92. The summed E-state index contributed by atoms with van der Waals surface area (Å²) in [5.74, 6) is -0.167. The second-order valence-electron chi connectivity index (χ2n) is 24.9. The molecule has 1 aliphatic rings. The van der Waals surface area contributed by atoms with Crippen LogP contribution in [0.25, 0.3) is 0 Å². The van der Waals surface area contributed by atoms with E-state index >= 15 is 0 Å². The van der Waals surface area contributed by atoms with E-state index in [0.29, 0.717) is 19.4 Å². The van der Waals surface area contributed by atoms with Gasteiger partial charge in [-0.2, -0.15) is 0 Å². The predicted molar refractivity (Wildman–Crippen MR) is 343 cm³/mol. The third-order valence-electron chi connectivity index (χ3n) is 17.1. The van der Waals surface area contributed by atoms with Crippen molar-refractivity contribution in [1.29, 1.82) is 0 Å². The fraction of sp³-hybridized carbons (Fsp3) is 0.915. The number of ether oxygens (including phenoxy) is 3. The van der Waals surface area contributed by atoms with Crippen molar-refractivity contribution in [3.05, 3.63) is 24.3 Å². The summed E-state index contributed by atoms with van der Waals surface area (Å²) in [4.78, 5) is 25.0. The Morgan fingerprint density at radius 3 is 1.17 bits per heavy atom. The van der Waals surface area contributed by atoms with Crippen LogP contribution < -0.4 is 5.32 Å². The summed E-state index contributed by atoms with van der Waals surface area (Å²) >= 11 is 0. The molecule has 7 atom stereocenters. The van der Waals surface area contributed by atoms with Crippen molar-refractivity contribution in [2.24, 2.45) is 0 Å². The Labute approximate surface area is 505 Å².